The van der Waals surface area contributed by atoms with Gasteiger partial charge in [0.05, 0.1) is 6.54 Å². The number of amides is 1. The van der Waals surface area contributed by atoms with Gasteiger partial charge in [-0.1, -0.05) is 30.3 Å². The van der Waals surface area contributed by atoms with Crippen molar-refractivity contribution in [2.45, 2.75) is 25.5 Å². The number of aliphatic carboxylic acids is 1. The summed E-state index contributed by atoms with van der Waals surface area (Å²) in [5, 5.41) is 11.6. The van der Waals surface area contributed by atoms with Gasteiger partial charge >= 0.3 is 12.1 Å². The van der Waals surface area contributed by atoms with Crippen LogP contribution in [-0.4, -0.2) is 47.7 Å². The van der Waals surface area contributed by atoms with Crippen LogP contribution < -0.4 is 5.32 Å². The Bertz CT molecular complexity index is 470. The first-order valence-electron chi connectivity index (χ1n) is 7.06. The van der Waals surface area contributed by atoms with Gasteiger partial charge in [0.2, 0.25) is 0 Å². The minimum Gasteiger partial charge on any atom is -0.480 e. The maximum absolute atomic E-state index is 11.9. The second-order valence-corrected chi connectivity index (χ2v) is 5.08. The molecule has 114 valence electrons. The van der Waals surface area contributed by atoms with Gasteiger partial charge in [-0.25, -0.2) is 4.79 Å². The van der Waals surface area contributed by atoms with Crippen LogP contribution in [0.25, 0.3) is 0 Å². The quantitative estimate of drug-likeness (QED) is 0.859. The van der Waals surface area contributed by atoms with Crippen molar-refractivity contribution in [2.75, 3.05) is 19.6 Å². The van der Waals surface area contributed by atoms with Crippen LogP contribution in [0.5, 0.6) is 0 Å². The van der Waals surface area contributed by atoms with E-state index in [2.05, 4.69) is 5.32 Å². The number of carbonyl (C=O) groups excluding carboxylic acids is 1. The molecule has 1 aromatic carbocycles. The molecule has 0 aliphatic carbocycles. The lowest BCUT2D eigenvalue weighted by Crippen LogP contribution is -2.46. The molecule has 1 amide bonds. The smallest absolute Gasteiger partial charge is 0.410 e. The molecular formula is C15H20N2O4. The molecule has 0 atom stereocenters. The Hall–Kier alpha value is -2.08. The number of rotatable bonds is 5. The van der Waals surface area contributed by atoms with E-state index in [1.54, 1.807) is 4.90 Å². The van der Waals surface area contributed by atoms with Gasteiger partial charge in [0.1, 0.15) is 6.61 Å². The lowest BCUT2D eigenvalue weighted by Gasteiger charge is -2.31. The molecule has 21 heavy (non-hydrogen) atoms. The van der Waals surface area contributed by atoms with Gasteiger partial charge in [-0.2, -0.15) is 0 Å². The van der Waals surface area contributed by atoms with Crippen molar-refractivity contribution in [1.82, 2.24) is 10.2 Å². The normalized spacial score (nSPS) is 15.7. The number of piperidine rings is 1. The van der Waals surface area contributed by atoms with Gasteiger partial charge in [0.25, 0.3) is 0 Å². The van der Waals surface area contributed by atoms with Gasteiger partial charge in [-0.05, 0) is 18.4 Å². The summed E-state index contributed by atoms with van der Waals surface area (Å²) in [6.07, 6.45) is 1.18. The van der Waals surface area contributed by atoms with Gasteiger partial charge in [-0.3, -0.25) is 4.79 Å². The third kappa shape index (κ3) is 5.07. The van der Waals surface area contributed by atoms with Crippen molar-refractivity contribution >= 4 is 12.1 Å². The van der Waals surface area contributed by atoms with Gasteiger partial charge in [-0.15, -0.1) is 0 Å². The van der Waals surface area contributed by atoms with E-state index in [1.807, 2.05) is 30.3 Å². The molecule has 6 heteroatoms. The summed E-state index contributed by atoms with van der Waals surface area (Å²) in [5.74, 6) is -0.861. The number of nitrogens with one attached hydrogen (secondary N) is 1. The Morgan fingerprint density at radius 2 is 1.90 bits per heavy atom. The Morgan fingerprint density at radius 3 is 2.52 bits per heavy atom. The van der Waals surface area contributed by atoms with Gasteiger partial charge in [0.15, 0.2) is 0 Å². The zero-order valence-electron chi connectivity index (χ0n) is 11.8. The first-order chi connectivity index (χ1) is 10.1. The summed E-state index contributed by atoms with van der Waals surface area (Å²) >= 11 is 0. The zero-order valence-corrected chi connectivity index (χ0v) is 11.8. The van der Waals surface area contributed by atoms with E-state index in [9.17, 15) is 9.59 Å². The lowest BCUT2D eigenvalue weighted by molar-refractivity contribution is -0.136. The monoisotopic (exact) mass is 292 g/mol. The first kappa shape index (κ1) is 15.3. The van der Waals surface area contributed by atoms with Crippen LogP contribution in [0.4, 0.5) is 4.79 Å². The Morgan fingerprint density at radius 1 is 1.24 bits per heavy atom. The fourth-order valence-corrected chi connectivity index (χ4v) is 2.31. The maximum Gasteiger partial charge on any atom is 0.410 e. The SMILES string of the molecule is O=C(O)CNC1CCN(C(=O)OCc2ccccc2)CC1. The molecule has 1 saturated heterocycles. The number of carboxylic acid groups (broad SMARTS) is 1. The highest BCUT2D eigenvalue weighted by Gasteiger charge is 2.23. The number of carbonyl (C=O) groups is 2. The number of hydrogen-bond donors (Lipinski definition) is 2. The average molecular weight is 292 g/mol. The second-order valence-electron chi connectivity index (χ2n) is 5.08. The summed E-state index contributed by atoms with van der Waals surface area (Å²) in [6, 6.07) is 9.70. The summed E-state index contributed by atoms with van der Waals surface area (Å²) < 4.78 is 5.27. The van der Waals surface area contributed by atoms with Crippen LogP contribution in [0, 0.1) is 0 Å². The summed E-state index contributed by atoms with van der Waals surface area (Å²) in [5.41, 5.74) is 0.962. The molecule has 2 N–H and O–H groups in total. The number of nitrogens with zero attached hydrogens (tertiary/aromatic N) is 1. The van der Waals surface area contributed by atoms with Crippen LogP contribution in [0.2, 0.25) is 0 Å². The highest BCUT2D eigenvalue weighted by molar-refractivity contribution is 5.69. The third-order valence-electron chi connectivity index (χ3n) is 3.50. The van der Waals surface area contributed by atoms with E-state index in [0.717, 1.165) is 18.4 Å². The zero-order chi connectivity index (χ0) is 15.1. The molecule has 0 saturated carbocycles. The number of benzene rings is 1. The van der Waals surface area contributed by atoms with Crippen molar-refractivity contribution in [3.05, 3.63) is 35.9 Å². The number of ether oxygens (including phenoxy) is 1. The number of carboxylic acids is 1. The molecule has 1 aliphatic rings. The third-order valence-corrected chi connectivity index (χ3v) is 3.50. The average Bonchev–Trinajstić information content (AvgIpc) is 2.52. The van der Waals surface area contributed by atoms with Crippen molar-refractivity contribution in [3.8, 4) is 0 Å². The Balaban J connectivity index is 1.69. The largest absolute Gasteiger partial charge is 0.480 e. The molecule has 6 nitrogen and oxygen atoms in total. The van der Waals surface area contributed by atoms with Crippen LogP contribution in [0.3, 0.4) is 0 Å². The van der Waals surface area contributed by atoms with Crippen LogP contribution in [-0.2, 0) is 16.1 Å². The topological polar surface area (TPSA) is 78.9 Å². The van der Waals surface area contributed by atoms with Crippen molar-refractivity contribution in [1.29, 1.82) is 0 Å². The molecule has 1 fully saturated rings. The van der Waals surface area contributed by atoms with Crippen molar-refractivity contribution < 1.29 is 19.4 Å². The molecule has 0 radical (unpaired) electrons. The van der Waals surface area contributed by atoms with E-state index in [-0.39, 0.29) is 25.3 Å². The van der Waals surface area contributed by atoms with Crippen LogP contribution in [0.1, 0.15) is 18.4 Å². The predicted octanol–water partition coefficient (Wildman–Crippen LogP) is 1.46. The van der Waals surface area contributed by atoms with Gasteiger partial charge < -0.3 is 20.1 Å². The Kier molecular flexibility index (Phi) is 5.57. The molecule has 2 rings (SSSR count). The summed E-state index contributed by atoms with van der Waals surface area (Å²) in [6.45, 7) is 1.41. The minimum atomic E-state index is -0.861. The number of hydrogen-bond acceptors (Lipinski definition) is 4. The molecule has 0 spiro atoms. The van der Waals surface area contributed by atoms with E-state index >= 15 is 0 Å². The van der Waals surface area contributed by atoms with Crippen molar-refractivity contribution in [2.24, 2.45) is 0 Å². The first-order valence-corrected chi connectivity index (χ1v) is 7.06. The predicted molar refractivity (Wildman–Crippen MR) is 76.9 cm³/mol. The second kappa shape index (κ2) is 7.64. The molecule has 0 bridgehead atoms. The van der Waals surface area contributed by atoms with Crippen molar-refractivity contribution in [3.63, 3.8) is 0 Å². The van der Waals surface area contributed by atoms with E-state index in [4.69, 9.17) is 9.84 Å². The fourth-order valence-electron chi connectivity index (χ4n) is 2.31. The molecule has 1 aliphatic heterocycles. The fraction of sp³-hybridized carbons (Fsp3) is 0.467. The minimum absolute atomic E-state index is 0.0386. The molecule has 1 heterocycles. The van der Waals surface area contributed by atoms with Crippen LogP contribution in [0.15, 0.2) is 30.3 Å². The summed E-state index contributed by atoms with van der Waals surface area (Å²) in [4.78, 5) is 24.1. The van der Waals surface area contributed by atoms with E-state index in [1.165, 1.54) is 0 Å². The molecule has 0 unspecified atom stereocenters. The molecule has 1 aromatic rings. The highest BCUT2D eigenvalue weighted by Crippen LogP contribution is 2.12. The van der Waals surface area contributed by atoms with Gasteiger partial charge in [0, 0.05) is 19.1 Å². The lowest BCUT2D eigenvalue weighted by atomic mass is 10.1. The maximum atomic E-state index is 11.9. The summed E-state index contributed by atoms with van der Waals surface area (Å²) in [7, 11) is 0. The molecule has 0 aromatic heterocycles. The number of likely N-dealkylation sites (tertiary alicyclic amines) is 1. The highest BCUT2D eigenvalue weighted by atomic mass is 16.6. The Labute approximate surface area is 123 Å². The van der Waals surface area contributed by atoms with Crippen LogP contribution >= 0.6 is 0 Å². The van der Waals surface area contributed by atoms with E-state index in [0.29, 0.717) is 13.1 Å². The molecular weight excluding hydrogens is 272 g/mol. The standard InChI is InChI=1S/C15H20N2O4/c18-14(19)10-16-13-6-8-17(9-7-13)15(20)21-11-12-4-2-1-3-5-12/h1-5,13,16H,6-11H2,(H,18,19). The van der Waals surface area contributed by atoms with E-state index < -0.39 is 5.97 Å².